The van der Waals surface area contributed by atoms with E-state index in [-0.39, 0.29) is 11.1 Å². The number of H-pyrrole nitrogens is 1. The Bertz CT molecular complexity index is 630. The number of aromatic amines is 1. The second-order valence-electron chi connectivity index (χ2n) is 3.59. The molecule has 0 radical (unpaired) electrons. The van der Waals surface area contributed by atoms with Gasteiger partial charge in [0.2, 0.25) is 0 Å². The lowest BCUT2D eigenvalue weighted by Crippen LogP contribution is -2.28. The molecule has 0 atom stereocenters. The Labute approximate surface area is 96.7 Å². The van der Waals surface area contributed by atoms with Gasteiger partial charge in [-0.2, -0.15) is 0 Å². The van der Waals surface area contributed by atoms with Gasteiger partial charge in [0.1, 0.15) is 0 Å². The summed E-state index contributed by atoms with van der Waals surface area (Å²) in [5, 5.41) is 2.46. The van der Waals surface area contributed by atoms with E-state index < -0.39 is 0 Å². The maximum atomic E-state index is 11.5. The van der Waals surface area contributed by atoms with Crippen LogP contribution in [0.2, 0.25) is 0 Å². The van der Waals surface area contributed by atoms with Crippen LogP contribution in [0.15, 0.2) is 40.1 Å². The highest BCUT2D eigenvalue weighted by Gasteiger charge is 2.00. The Hall–Kier alpha value is -2.21. The van der Waals surface area contributed by atoms with Crippen molar-refractivity contribution in [3.8, 4) is 0 Å². The number of nitrogens with zero attached hydrogens (tertiary/aromatic N) is 2. The predicted octanol–water partition coefficient (Wildman–Crippen LogP) is -0.561. The fourth-order valence-electron chi connectivity index (χ4n) is 1.50. The third-order valence-corrected chi connectivity index (χ3v) is 2.32. The van der Waals surface area contributed by atoms with Gasteiger partial charge in [0.25, 0.3) is 11.1 Å². The molecule has 2 heterocycles. The van der Waals surface area contributed by atoms with Crippen molar-refractivity contribution in [1.82, 2.24) is 14.8 Å². The predicted molar refractivity (Wildman–Crippen MR) is 62.6 cm³/mol. The second kappa shape index (κ2) is 4.75. The molecule has 0 saturated heterocycles. The van der Waals surface area contributed by atoms with Crippen LogP contribution >= 0.6 is 0 Å². The van der Waals surface area contributed by atoms with Crippen molar-refractivity contribution >= 4 is 0 Å². The third-order valence-electron chi connectivity index (χ3n) is 2.32. The zero-order valence-electron chi connectivity index (χ0n) is 9.09. The van der Waals surface area contributed by atoms with E-state index in [4.69, 9.17) is 5.73 Å². The summed E-state index contributed by atoms with van der Waals surface area (Å²) in [6.45, 7) is 0.637. The maximum Gasteiger partial charge on any atom is 0.265 e. The van der Waals surface area contributed by atoms with Gasteiger partial charge in [0, 0.05) is 24.9 Å². The molecule has 6 heteroatoms. The van der Waals surface area contributed by atoms with E-state index in [1.54, 1.807) is 18.3 Å². The van der Waals surface area contributed by atoms with Gasteiger partial charge in [-0.25, -0.2) is 4.68 Å². The second-order valence-corrected chi connectivity index (χ2v) is 3.59. The van der Waals surface area contributed by atoms with Gasteiger partial charge in [-0.3, -0.25) is 19.7 Å². The Kier molecular flexibility index (Phi) is 3.15. The number of pyridine rings is 1. The van der Waals surface area contributed by atoms with Gasteiger partial charge in [0.15, 0.2) is 0 Å². The average Bonchev–Trinajstić information content (AvgIpc) is 2.34. The highest BCUT2D eigenvalue weighted by Crippen LogP contribution is 2.01. The summed E-state index contributed by atoms with van der Waals surface area (Å²) >= 11 is 0. The van der Waals surface area contributed by atoms with Gasteiger partial charge < -0.3 is 5.73 Å². The summed E-state index contributed by atoms with van der Waals surface area (Å²) in [4.78, 5) is 26.6. The fourth-order valence-corrected chi connectivity index (χ4v) is 1.50. The van der Waals surface area contributed by atoms with E-state index in [9.17, 15) is 9.59 Å². The summed E-state index contributed by atoms with van der Waals surface area (Å²) in [6, 6.07) is 6.02. The Morgan fingerprint density at radius 2 is 2.12 bits per heavy atom. The van der Waals surface area contributed by atoms with Crippen LogP contribution in [0.5, 0.6) is 0 Å². The number of hydrogen-bond acceptors (Lipinski definition) is 4. The van der Waals surface area contributed by atoms with Crippen LogP contribution in [0, 0.1) is 0 Å². The van der Waals surface area contributed by atoms with E-state index >= 15 is 0 Å². The largest absolute Gasteiger partial charge is 0.325 e. The van der Waals surface area contributed by atoms with Gasteiger partial charge in [-0.1, -0.05) is 0 Å². The van der Waals surface area contributed by atoms with E-state index in [0.29, 0.717) is 13.1 Å². The lowest BCUT2D eigenvalue weighted by Gasteiger charge is -2.05. The molecule has 0 unspecified atom stereocenters. The first-order valence-electron chi connectivity index (χ1n) is 5.13. The highest BCUT2D eigenvalue weighted by atomic mass is 16.1. The molecule has 2 rings (SSSR count). The van der Waals surface area contributed by atoms with Crippen molar-refractivity contribution < 1.29 is 0 Å². The van der Waals surface area contributed by atoms with E-state index in [1.165, 1.54) is 16.8 Å². The highest BCUT2D eigenvalue weighted by molar-refractivity contribution is 5.16. The molecule has 6 nitrogen and oxygen atoms in total. The van der Waals surface area contributed by atoms with Crippen LogP contribution < -0.4 is 16.9 Å². The first-order chi connectivity index (χ1) is 8.19. The molecule has 0 fully saturated rings. The van der Waals surface area contributed by atoms with Crippen LogP contribution in [-0.4, -0.2) is 14.8 Å². The molecule has 0 saturated carbocycles. The number of rotatable bonds is 3. The first kappa shape index (κ1) is 11.3. The number of aromatic nitrogens is 3. The first-order valence-corrected chi connectivity index (χ1v) is 5.13. The summed E-state index contributed by atoms with van der Waals surface area (Å²) in [6.07, 6.45) is 1.63. The SMILES string of the molecule is NCc1cc(Cn2[nH]c(=O)ccc2=O)ccn1. The normalized spacial score (nSPS) is 10.4. The van der Waals surface area contributed by atoms with Crippen LogP contribution in [-0.2, 0) is 13.1 Å². The summed E-state index contributed by atoms with van der Waals surface area (Å²) < 4.78 is 1.25. The Balaban J connectivity index is 2.34. The Morgan fingerprint density at radius 3 is 2.88 bits per heavy atom. The molecule has 88 valence electrons. The fraction of sp³-hybridized carbons (Fsp3) is 0.182. The molecule has 0 spiro atoms. The molecular formula is C11H12N4O2. The topological polar surface area (TPSA) is 93.8 Å². The summed E-state index contributed by atoms with van der Waals surface area (Å²) in [5.74, 6) is 0. The summed E-state index contributed by atoms with van der Waals surface area (Å²) in [7, 11) is 0. The van der Waals surface area contributed by atoms with Gasteiger partial charge >= 0.3 is 0 Å². The molecule has 2 aromatic heterocycles. The van der Waals surface area contributed by atoms with E-state index in [2.05, 4.69) is 10.1 Å². The van der Waals surface area contributed by atoms with Gasteiger partial charge in [0.05, 0.1) is 12.2 Å². The zero-order valence-corrected chi connectivity index (χ0v) is 9.09. The molecule has 0 aliphatic rings. The van der Waals surface area contributed by atoms with Crippen molar-refractivity contribution in [1.29, 1.82) is 0 Å². The summed E-state index contributed by atoms with van der Waals surface area (Å²) in [5.41, 5.74) is 6.53. The van der Waals surface area contributed by atoms with Crippen molar-refractivity contribution in [3.05, 3.63) is 62.4 Å². The number of nitrogens with two attached hydrogens (primary N) is 1. The molecule has 17 heavy (non-hydrogen) atoms. The molecule has 3 N–H and O–H groups in total. The smallest absolute Gasteiger partial charge is 0.265 e. The van der Waals surface area contributed by atoms with Crippen LogP contribution in [0.1, 0.15) is 11.3 Å². The average molecular weight is 232 g/mol. The molecule has 0 aliphatic heterocycles. The van der Waals surface area contributed by atoms with Crippen molar-refractivity contribution in [2.24, 2.45) is 5.73 Å². The van der Waals surface area contributed by atoms with E-state index in [1.807, 2.05) is 0 Å². The monoisotopic (exact) mass is 232 g/mol. The lowest BCUT2D eigenvalue weighted by molar-refractivity contribution is 0.626. The third kappa shape index (κ3) is 2.67. The van der Waals surface area contributed by atoms with E-state index in [0.717, 1.165) is 11.3 Å². The molecule has 2 aromatic rings. The molecule has 0 aliphatic carbocycles. The van der Waals surface area contributed by atoms with Crippen molar-refractivity contribution in [3.63, 3.8) is 0 Å². The molecule has 0 amide bonds. The molecule has 0 bridgehead atoms. The van der Waals surface area contributed by atoms with Gasteiger partial charge in [-0.05, 0) is 17.7 Å². The van der Waals surface area contributed by atoms with Crippen LogP contribution in [0.4, 0.5) is 0 Å². The zero-order chi connectivity index (χ0) is 12.3. The van der Waals surface area contributed by atoms with Crippen LogP contribution in [0.3, 0.4) is 0 Å². The number of hydrogen-bond donors (Lipinski definition) is 2. The standard InChI is InChI=1S/C11H12N4O2/c12-6-9-5-8(3-4-13-9)7-15-11(17)2-1-10(16)14-15/h1-5H,6-7,12H2,(H,14,16). The minimum atomic E-state index is -0.308. The minimum absolute atomic E-state index is 0.254. The van der Waals surface area contributed by atoms with Gasteiger partial charge in [-0.15, -0.1) is 0 Å². The molecule has 0 aromatic carbocycles. The van der Waals surface area contributed by atoms with Crippen LogP contribution in [0.25, 0.3) is 0 Å². The quantitative estimate of drug-likeness (QED) is 0.741. The van der Waals surface area contributed by atoms with Crippen molar-refractivity contribution in [2.45, 2.75) is 13.1 Å². The lowest BCUT2D eigenvalue weighted by atomic mass is 10.2. The Morgan fingerprint density at radius 1 is 1.29 bits per heavy atom. The maximum absolute atomic E-state index is 11.5. The number of nitrogens with one attached hydrogen (secondary N) is 1. The van der Waals surface area contributed by atoms with Crippen molar-refractivity contribution in [2.75, 3.05) is 0 Å². The minimum Gasteiger partial charge on any atom is -0.325 e. The molecular weight excluding hydrogens is 220 g/mol.